The van der Waals surface area contributed by atoms with Crippen LogP contribution in [-0.2, 0) is 22.0 Å². The van der Waals surface area contributed by atoms with Gasteiger partial charge >= 0.3 is 5.97 Å². The zero-order valence-corrected chi connectivity index (χ0v) is 13.8. The summed E-state index contributed by atoms with van der Waals surface area (Å²) < 4.78 is 12.3. The van der Waals surface area contributed by atoms with Crippen LogP contribution in [0, 0.1) is 0 Å². The smallest absolute Gasteiger partial charge is 0.365 e. The highest BCUT2D eigenvalue weighted by Gasteiger charge is 2.15. The van der Waals surface area contributed by atoms with Crippen LogP contribution >= 0.6 is 11.3 Å². The molecule has 1 heterocycles. The van der Waals surface area contributed by atoms with Gasteiger partial charge in [-0.25, -0.2) is 9.78 Å². The number of hydrogen-bond donors (Lipinski definition) is 1. The van der Waals surface area contributed by atoms with Gasteiger partial charge in [-0.3, -0.25) is 4.21 Å². The number of carboxylic acids is 1. The Balaban J connectivity index is 2.11. The summed E-state index contributed by atoms with van der Waals surface area (Å²) in [5.74, 6) is -0.815. The lowest BCUT2D eigenvalue weighted by atomic mass is 9.87. The lowest BCUT2D eigenvalue weighted by Gasteiger charge is -2.18. The zero-order valence-electron chi connectivity index (χ0n) is 12.1. The average Bonchev–Trinajstić information content (AvgIpc) is 2.86. The molecule has 0 fully saturated rings. The number of aromatic nitrogens is 1. The Bertz CT molecular complexity index is 669. The maximum Gasteiger partial charge on any atom is 0.365 e. The highest BCUT2D eigenvalue weighted by Crippen LogP contribution is 2.23. The van der Waals surface area contributed by atoms with Crippen LogP contribution in [0.1, 0.15) is 41.8 Å². The van der Waals surface area contributed by atoms with E-state index in [1.807, 2.05) is 24.3 Å². The van der Waals surface area contributed by atoms with Crippen LogP contribution in [0.2, 0.25) is 0 Å². The standard InChI is InChI=1S/C15H17NO3S2/c1-15(2,3)10-4-6-12(7-5-10)21(19)9-11-8-20-13(16-11)14(17)18/h4-8H,9H2,1-3H3,(H,17,18). The number of carboxylic acid groups (broad SMARTS) is 1. The Morgan fingerprint density at radius 1 is 1.29 bits per heavy atom. The number of aromatic carboxylic acids is 1. The molecule has 1 aromatic heterocycles. The normalized spacial score (nSPS) is 13.1. The van der Waals surface area contributed by atoms with Gasteiger partial charge in [0.25, 0.3) is 0 Å². The monoisotopic (exact) mass is 323 g/mol. The van der Waals surface area contributed by atoms with Gasteiger partial charge in [-0.1, -0.05) is 32.9 Å². The Labute approximate surface area is 130 Å². The molecule has 1 unspecified atom stereocenters. The van der Waals surface area contributed by atoms with E-state index < -0.39 is 16.8 Å². The summed E-state index contributed by atoms with van der Waals surface area (Å²) in [5, 5.41) is 10.5. The quantitative estimate of drug-likeness (QED) is 0.936. The van der Waals surface area contributed by atoms with E-state index in [-0.39, 0.29) is 16.2 Å². The van der Waals surface area contributed by atoms with E-state index in [9.17, 15) is 9.00 Å². The Hall–Kier alpha value is -1.53. The van der Waals surface area contributed by atoms with Crippen molar-refractivity contribution in [3.8, 4) is 0 Å². The first-order valence-corrected chi connectivity index (χ1v) is 8.64. The van der Waals surface area contributed by atoms with E-state index >= 15 is 0 Å². The third kappa shape index (κ3) is 3.98. The maximum absolute atomic E-state index is 12.3. The molecule has 0 aliphatic heterocycles. The minimum atomic E-state index is -1.22. The van der Waals surface area contributed by atoms with Crippen LogP contribution in [0.3, 0.4) is 0 Å². The van der Waals surface area contributed by atoms with E-state index in [1.54, 1.807) is 5.38 Å². The number of benzene rings is 1. The van der Waals surface area contributed by atoms with Gasteiger partial charge in [0.15, 0.2) is 0 Å². The average molecular weight is 323 g/mol. The van der Waals surface area contributed by atoms with Crippen molar-refractivity contribution in [2.45, 2.75) is 36.8 Å². The summed E-state index contributed by atoms with van der Waals surface area (Å²) in [6.07, 6.45) is 0. The summed E-state index contributed by atoms with van der Waals surface area (Å²) in [6, 6.07) is 7.69. The number of carbonyl (C=O) groups is 1. The van der Waals surface area contributed by atoms with E-state index in [0.717, 1.165) is 16.2 Å². The van der Waals surface area contributed by atoms with Crippen molar-refractivity contribution in [1.29, 1.82) is 0 Å². The Kier molecular flexibility index (Phi) is 4.58. The number of rotatable bonds is 4. The molecule has 6 heteroatoms. The van der Waals surface area contributed by atoms with Crippen molar-refractivity contribution in [3.05, 3.63) is 45.9 Å². The largest absolute Gasteiger partial charge is 0.476 e. The van der Waals surface area contributed by atoms with Crippen molar-refractivity contribution < 1.29 is 14.1 Å². The molecule has 0 radical (unpaired) electrons. The topological polar surface area (TPSA) is 67.3 Å². The van der Waals surface area contributed by atoms with Crippen LogP contribution in [0.15, 0.2) is 34.5 Å². The van der Waals surface area contributed by atoms with Crippen molar-refractivity contribution in [2.24, 2.45) is 0 Å². The molecule has 0 bridgehead atoms. The van der Waals surface area contributed by atoms with Crippen molar-refractivity contribution in [3.63, 3.8) is 0 Å². The molecular weight excluding hydrogens is 306 g/mol. The number of thiazole rings is 1. The molecule has 21 heavy (non-hydrogen) atoms. The second-order valence-electron chi connectivity index (χ2n) is 5.71. The Morgan fingerprint density at radius 3 is 2.38 bits per heavy atom. The second kappa shape index (κ2) is 6.07. The van der Waals surface area contributed by atoms with Crippen molar-refractivity contribution >= 4 is 28.1 Å². The van der Waals surface area contributed by atoms with Crippen molar-refractivity contribution in [2.75, 3.05) is 0 Å². The first-order chi connectivity index (χ1) is 9.77. The number of nitrogens with zero attached hydrogens (tertiary/aromatic N) is 1. The van der Waals surface area contributed by atoms with E-state index in [4.69, 9.17) is 5.11 Å². The molecule has 0 aliphatic carbocycles. The lowest BCUT2D eigenvalue weighted by molar-refractivity contribution is 0.0696. The fraction of sp³-hybridized carbons (Fsp3) is 0.333. The molecule has 1 N–H and O–H groups in total. The summed E-state index contributed by atoms with van der Waals surface area (Å²) in [4.78, 5) is 15.5. The third-order valence-electron chi connectivity index (χ3n) is 3.00. The fourth-order valence-corrected chi connectivity index (χ4v) is 3.58. The molecule has 0 amide bonds. The van der Waals surface area contributed by atoms with Crippen LogP contribution in [0.25, 0.3) is 0 Å². The highest BCUT2D eigenvalue weighted by atomic mass is 32.2. The minimum Gasteiger partial charge on any atom is -0.476 e. The molecule has 112 valence electrons. The van der Waals surface area contributed by atoms with Gasteiger partial charge in [-0.15, -0.1) is 11.3 Å². The van der Waals surface area contributed by atoms with Gasteiger partial charge in [0, 0.05) is 10.3 Å². The summed E-state index contributed by atoms with van der Waals surface area (Å²) in [5.41, 5.74) is 1.80. The van der Waals surface area contributed by atoms with Gasteiger partial charge < -0.3 is 5.11 Å². The van der Waals surface area contributed by atoms with E-state index in [0.29, 0.717) is 5.69 Å². The van der Waals surface area contributed by atoms with Crippen LogP contribution in [-0.4, -0.2) is 20.3 Å². The van der Waals surface area contributed by atoms with Gasteiger partial charge in [-0.05, 0) is 23.1 Å². The predicted molar refractivity (Wildman–Crippen MR) is 84.3 cm³/mol. The molecule has 1 atom stereocenters. The first-order valence-electron chi connectivity index (χ1n) is 6.44. The Morgan fingerprint density at radius 2 is 1.90 bits per heavy atom. The second-order valence-corrected chi connectivity index (χ2v) is 8.02. The van der Waals surface area contributed by atoms with Crippen LogP contribution < -0.4 is 0 Å². The SMILES string of the molecule is CC(C)(C)c1ccc(S(=O)Cc2csc(C(=O)O)n2)cc1. The molecule has 0 saturated heterocycles. The maximum atomic E-state index is 12.3. The predicted octanol–water partition coefficient (Wildman–Crippen LogP) is 3.45. The highest BCUT2D eigenvalue weighted by molar-refractivity contribution is 7.84. The summed E-state index contributed by atoms with van der Waals surface area (Å²) in [6.45, 7) is 6.38. The molecule has 2 rings (SSSR count). The molecular formula is C15H17NO3S2. The van der Waals surface area contributed by atoms with E-state index in [1.165, 1.54) is 5.56 Å². The fourth-order valence-electron chi connectivity index (χ4n) is 1.80. The first kappa shape index (κ1) is 15.9. The third-order valence-corrected chi connectivity index (χ3v) is 5.23. The van der Waals surface area contributed by atoms with Crippen LogP contribution in [0.4, 0.5) is 0 Å². The molecule has 1 aromatic carbocycles. The van der Waals surface area contributed by atoms with Crippen LogP contribution in [0.5, 0.6) is 0 Å². The molecule has 0 saturated carbocycles. The number of hydrogen-bond acceptors (Lipinski definition) is 4. The van der Waals surface area contributed by atoms with Gasteiger partial charge in [0.05, 0.1) is 22.2 Å². The van der Waals surface area contributed by atoms with Gasteiger partial charge in [-0.2, -0.15) is 0 Å². The van der Waals surface area contributed by atoms with Crippen molar-refractivity contribution in [1.82, 2.24) is 4.98 Å². The minimum absolute atomic E-state index is 0.0325. The zero-order chi connectivity index (χ0) is 15.6. The lowest BCUT2D eigenvalue weighted by Crippen LogP contribution is -2.10. The molecule has 0 aliphatic rings. The summed E-state index contributed by atoms with van der Waals surface area (Å²) >= 11 is 1.06. The molecule has 2 aromatic rings. The van der Waals surface area contributed by atoms with Gasteiger partial charge in [0.1, 0.15) is 0 Å². The molecule has 4 nitrogen and oxygen atoms in total. The summed E-state index contributed by atoms with van der Waals surface area (Å²) in [7, 11) is -1.22. The van der Waals surface area contributed by atoms with Gasteiger partial charge in [0.2, 0.25) is 5.01 Å². The van der Waals surface area contributed by atoms with E-state index in [2.05, 4.69) is 25.8 Å². The molecule has 0 spiro atoms.